The molecule has 0 aromatic heterocycles. The highest BCUT2D eigenvalue weighted by molar-refractivity contribution is 7.91. The van der Waals surface area contributed by atoms with Gasteiger partial charge in [0.05, 0.1) is 35.0 Å². The van der Waals surface area contributed by atoms with Crippen molar-refractivity contribution < 1.29 is 22.3 Å². The fraction of sp³-hybridized carbons (Fsp3) is 0.440. The maximum atomic E-state index is 14.1. The van der Waals surface area contributed by atoms with Crippen molar-refractivity contribution in [1.29, 1.82) is 5.26 Å². The summed E-state index contributed by atoms with van der Waals surface area (Å²) < 4.78 is 45.0. The van der Waals surface area contributed by atoms with Gasteiger partial charge in [-0.15, -0.1) is 0 Å². The predicted octanol–water partition coefficient (Wildman–Crippen LogP) is 2.68. The first kappa shape index (κ1) is 24.9. The summed E-state index contributed by atoms with van der Waals surface area (Å²) in [4.78, 5) is 19.5. The Labute approximate surface area is 205 Å². The molecule has 0 N–H and O–H groups in total. The van der Waals surface area contributed by atoms with Crippen LogP contribution in [0.25, 0.3) is 0 Å². The van der Waals surface area contributed by atoms with Crippen LogP contribution in [-0.2, 0) is 14.6 Å². The smallest absolute Gasteiger partial charge is 0.256 e. The standard InChI is InChI=1S/C25H29FN4O4S/c1-2-15-35(32,33)21-5-6-24(29-11-13-34-14-12-29)22(17-21)25(31)30-9-7-28(8-10-30)20-4-3-19(18-27)23(26)16-20/h3-6,16-17H,2,7-15H2,1H3. The molecule has 0 aliphatic carbocycles. The number of carbonyl (C=O) groups is 1. The van der Waals surface area contributed by atoms with E-state index in [-0.39, 0.29) is 22.1 Å². The molecule has 2 heterocycles. The summed E-state index contributed by atoms with van der Waals surface area (Å²) in [5, 5.41) is 8.94. The molecule has 2 saturated heterocycles. The molecule has 2 aromatic carbocycles. The molecule has 0 saturated carbocycles. The first-order valence-electron chi connectivity index (χ1n) is 11.8. The molecule has 2 aromatic rings. The molecule has 2 fully saturated rings. The van der Waals surface area contributed by atoms with Gasteiger partial charge >= 0.3 is 0 Å². The molecule has 4 rings (SSSR count). The zero-order chi connectivity index (χ0) is 25.0. The molecule has 0 spiro atoms. The van der Waals surface area contributed by atoms with Gasteiger partial charge in [-0.05, 0) is 42.8 Å². The number of halogens is 1. The number of morpholine rings is 1. The molecule has 0 bridgehead atoms. The van der Waals surface area contributed by atoms with Crippen LogP contribution in [0.2, 0.25) is 0 Å². The third-order valence-electron chi connectivity index (χ3n) is 6.39. The van der Waals surface area contributed by atoms with Crippen molar-refractivity contribution in [1.82, 2.24) is 4.90 Å². The second-order valence-corrected chi connectivity index (χ2v) is 10.8. The lowest BCUT2D eigenvalue weighted by atomic mass is 10.1. The van der Waals surface area contributed by atoms with Gasteiger partial charge in [-0.1, -0.05) is 6.92 Å². The fourth-order valence-corrected chi connectivity index (χ4v) is 5.82. The number of hydrogen-bond acceptors (Lipinski definition) is 7. The topological polar surface area (TPSA) is 93.9 Å². The van der Waals surface area contributed by atoms with Crippen LogP contribution >= 0.6 is 0 Å². The van der Waals surface area contributed by atoms with Crippen LogP contribution in [0.5, 0.6) is 0 Å². The molecule has 186 valence electrons. The van der Waals surface area contributed by atoms with Gasteiger partial charge in [-0.25, -0.2) is 12.8 Å². The van der Waals surface area contributed by atoms with Gasteiger partial charge < -0.3 is 19.4 Å². The van der Waals surface area contributed by atoms with E-state index in [1.54, 1.807) is 23.1 Å². The van der Waals surface area contributed by atoms with E-state index in [0.29, 0.717) is 75.8 Å². The molecular formula is C25H29FN4O4S. The van der Waals surface area contributed by atoms with Crippen LogP contribution < -0.4 is 9.80 Å². The van der Waals surface area contributed by atoms with Gasteiger partial charge in [-0.3, -0.25) is 4.79 Å². The van der Waals surface area contributed by atoms with Crippen molar-refractivity contribution in [2.45, 2.75) is 18.2 Å². The van der Waals surface area contributed by atoms with Crippen molar-refractivity contribution in [3.63, 3.8) is 0 Å². The molecule has 1 amide bonds. The molecule has 2 aliphatic rings. The van der Waals surface area contributed by atoms with E-state index >= 15 is 0 Å². The zero-order valence-electron chi connectivity index (χ0n) is 19.7. The first-order chi connectivity index (χ1) is 16.8. The molecule has 8 nitrogen and oxygen atoms in total. The normalized spacial score (nSPS) is 16.8. The Kier molecular flexibility index (Phi) is 7.57. The summed E-state index contributed by atoms with van der Waals surface area (Å²) in [6, 6.07) is 11.2. The number of nitrogens with zero attached hydrogens (tertiary/aromatic N) is 4. The fourth-order valence-electron chi connectivity index (χ4n) is 4.48. The minimum absolute atomic E-state index is 0.00360. The number of ether oxygens (including phenoxy) is 1. The highest BCUT2D eigenvalue weighted by Crippen LogP contribution is 2.28. The number of hydrogen-bond donors (Lipinski definition) is 0. The SMILES string of the molecule is CCCS(=O)(=O)c1ccc(N2CCOCC2)c(C(=O)N2CCN(c3ccc(C#N)c(F)c3)CC2)c1. The van der Waals surface area contributed by atoms with Crippen molar-refractivity contribution in [2.24, 2.45) is 0 Å². The van der Waals surface area contributed by atoms with Crippen LogP contribution in [0.15, 0.2) is 41.3 Å². The van der Waals surface area contributed by atoms with E-state index in [1.807, 2.05) is 17.9 Å². The van der Waals surface area contributed by atoms with E-state index in [2.05, 4.69) is 4.90 Å². The Morgan fingerprint density at radius 2 is 1.74 bits per heavy atom. The number of piperazine rings is 1. The molecule has 10 heteroatoms. The van der Waals surface area contributed by atoms with Gasteiger partial charge in [-0.2, -0.15) is 5.26 Å². The summed E-state index contributed by atoms with van der Waals surface area (Å²) in [6.45, 7) is 5.97. The number of carbonyl (C=O) groups excluding carboxylic acids is 1. The molecule has 2 aliphatic heterocycles. The third kappa shape index (κ3) is 5.41. The average Bonchev–Trinajstić information content (AvgIpc) is 2.88. The number of rotatable bonds is 6. The third-order valence-corrected chi connectivity index (χ3v) is 8.31. The summed E-state index contributed by atoms with van der Waals surface area (Å²) in [6.07, 6.45) is 0.495. The molecular weight excluding hydrogens is 471 g/mol. The van der Waals surface area contributed by atoms with E-state index in [4.69, 9.17) is 10.00 Å². The monoisotopic (exact) mass is 500 g/mol. The van der Waals surface area contributed by atoms with Crippen LogP contribution in [0, 0.1) is 17.1 Å². The molecule has 0 unspecified atom stereocenters. The summed E-state index contributed by atoms with van der Waals surface area (Å²) in [7, 11) is -3.48. The Balaban J connectivity index is 1.57. The lowest BCUT2D eigenvalue weighted by Gasteiger charge is -2.37. The summed E-state index contributed by atoms with van der Waals surface area (Å²) in [5.74, 6) is -0.758. The lowest BCUT2D eigenvalue weighted by molar-refractivity contribution is 0.0746. The molecule has 0 atom stereocenters. The van der Waals surface area contributed by atoms with Crippen molar-refractivity contribution >= 4 is 27.1 Å². The van der Waals surface area contributed by atoms with Gasteiger partial charge in [0.25, 0.3) is 5.91 Å². The largest absolute Gasteiger partial charge is 0.378 e. The zero-order valence-corrected chi connectivity index (χ0v) is 20.6. The van der Waals surface area contributed by atoms with E-state index in [1.165, 1.54) is 18.2 Å². The Morgan fingerprint density at radius 1 is 1.03 bits per heavy atom. The minimum atomic E-state index is -3.48. The Bertz CT molecular complexity index is 1230. The molecule has 35 heavy (non-hydrogen) atoms. The van der Waals surface area contributed by atoms with Gasteiger partial charge in [0.1, 0.15) is 11.9 Å². The number of benzene rings is 2. The lowest BCUT2D eigenvalue weighted by Crippen LogP contribution is -2.49. The number of amides is 1. The highest BCUT2D eigenvalue weighted by Gasteiger charge is 2.28. The van der Waals surface area contributed by atoms with Crippen molar-refractivity contribution in [3.8, 4) is 6.07 Å². The van der Waals surface area contributed by atoms with Gasteiger partial charge in [0, 0.05) is 50.6 Å². The quantitative estimate of drug-likeness (QED) is 0.602. The van der Waals surface area contributed by atoms with E-state index < -0.39 is 15.7 Å². The number of sulfone groups is 1. The van der Waals surface area contributed by atoms with Gasteiger partial charge in [0.2, 0.25) is 0 Å². The maximum Gasteiger partial charge on any atom is 0.256 e. The maximum absolute atomic E-state index is 14.1. The summed E-state index contributed by atoms with van der Waals surface area (Å²) >= 11 is 0. The van der Waals surface area contributed by atoms with Crippen LogP contribution in [0.4, 0.5) is 15.8 Å². The number of anilines is 2. The first-order valence-corrected chi connectivity index (χ1v) is 13.4. The van der Waals surface area contributed by atoms with Gasteiger partial charge in [0.15, 0.2) is 9.84 Å². The van der Waals surface area contributed by atoms with Crippen LogP contribution in [0.3, 0.4) is 0 Å². The van der Waals surface area contributed by atoms with Crippen molar-refractivity contribution in [2.75, 3.05) is 68.0 Å². The Morgan fingerprint density at radius 3 is 2.37 bits per heavy atom. The Hall–Kier alpha value is -3.16. The van der Waals surface area contributed by atoms with Crippen LogP contribution in [-0.4, -0.2) is 77.5 Å². The summed E-state index contributed by atoms with van der Waals surface area (Å²) in [5.41, 5.74) is 1.75. The minimum Gasteiger partial charge on any atom is -0.378 e. The highest BCUT2D eigenvalue weighted by atomic mass is 32.2. The van der Waals surface area contributed by atoms with Crippen LogP contribution in [0.1, 0.15) is 29.3 Å². The van der Waals surface area contributed by atoms with E-state index in [0.717, 1.165) is 0 Å². The number of nitriles is 1. The second-order valence-electron chi connectivity index (χ2n) is 8.65. The van der Waals surface area contributed by atoms with E-state index in [9.17, 15) is 17.6 Å². The second kappa shape index (κ2) is 10.6. The van der Waals surface area contributed by atoms with Crippen molar-refractivity contribution in [3.05, 3.63) is 53.3 Å². The average molecular weight is 501 g/mol. The molecule has 0 radical (unpaired) electrons. The predicted molar refractivity (Wildman–Crippen MR) is 131 cm³/mol.